The van der Waals surface area contributed by atoms with E-state index in [9.17, 15) is 0 Å². The second-order valence-electron chi connectivity index (χ2n) is 3.25. The van der Waals surface area contributed by atoms with Gasteiger partial charge in [0.1, 0.15) is 0 Å². The molecule has 80 valence electrons. The van der Waals surface area contributed by atoms with Crippen molar-refractivity contribution in [3.8, 4) is 23.7 Å². The van der Waals surface area contributed by atoms with Gasteiger partial charge in [0, 0.05) is 27.1 Å². The summed E-state index contributed by atoms with van der Waals surface area (Å²) in [6.45, 7) is 0. The molecule has 2 heteroatoms. The van der Waals surface area contributed by atoms with Crippen LogP contribution in [0.1, 0.15) is 11.1 Å². The number of aromatic nitrogens is 1. The highest BCUT2D eigenvalue weighted by Gasteiger charge is 1.86. The number of rotatable bonds is 0. The van der Waals surface area contributed by atoms with Crippen molar-refractivity contribution < 1.29 is 0 Å². The van der Waals surface area contributed by atoms with Gasteiger partial charge in [-0.25, -0.2) is 0 Å². The lowest BCUT2D eigenvalue weighted by Gasteiger charge is -1.89. The maximum absolute atomic E-state index is 3.93. The first-order chi connectivity index (χ1) is 8.34. The highest BCUT2D eigenvalue weighted by atomic mass is 127. The molecule has 1 aromatic heterocycles. The van der Waals surface area contributed by atoms with Crippen molar-refractivity contribution in [1.82, 2.24) is 4.98 Å². The Morgan fingerprint density at radius 1 is 0.882 bits per heavy atom. The van der Waals surface area contributed by atoms with Crippen LogP contribution in [0.5, 0.6) is 0 Å². The average molecular weight is 329 g/mol. The molecule has 0 unspecified atom stereocenters. The number of halogens is 1. The Morgan fingerprint density at radius 3 is 2.29 bits per heavy atom. The molecular formula is C15H8IN. The summed E-state index contributed by atoms with van der Waals surface area (Å²) in [6.07, 6.45) is 3.44. The van der Waals surface area contributed by atoms with E-state index >= 15 is 0 Å². The van der Waals surface area contributed by atoms with Crippen LogP contribution in [0.25, 0.3) is 0 Å². The van der Waals surface area contributed by atoms with Gasteiger partial charge < -0.3 is 0 Å². The van der Waals surface area contributed by atoms with E-state index < -0.39 is 0 Å². The van der Waals surface area contributed by atoms with Crippen LogP contribution >= 0.6 is 22.6 Å². The van der Waals surface area contributed by atoms with Crippen molar-refractivity contribution in [2.75, 3.05) is 0 Å². The summed E-state index contributed by atoms with van der Waals surface area (Å²) >= 11 is 2.27. The molecule has 0 saturated heterocycles. The van der Waals surface area contributed by atoms with Crippen LogP contribution in [0.4, 0.5) is 0 Å². The molecule has 2 rings (SSSR count). The fourth-order valence-corrected chi connectivity index (χ4v) is 1.75. The lowest BCUT2D eigenvalue weighted by Crippen LogP contribution is -1.75. The van der Waals surface area contributed by atoms with Crippen molar-refractivity contribution in [1.29, 1.82) is 0 Å². The third-order valence-electron chi connectivity index (χ3n) is 1.98. The molecule has 1 heterocycles. The Bertz CT molecular complexity index is 624. The first-order valence-corrected chi connectivity index (χ1v) is 6.10. The van der Waals surface area contributed by atoms with Gasteiger partial charge in [-0.1, -0.05) is 17.9 Å². The number of hydrogen-bond donors (Lipinski definition) is 0. The summed E-state index contributed by atoms with van der Waals surface area (Å²) in [7, 11) is 0. The standard InChI is InChI=1S/C15H8IN/c16-15-7-3-6-14(12-15)5-2-1-4-13-8-10-17-11-9-13/h3,6-12H. The Balaban J connectivity index is 2.12. The molecule has 0 aliphatic carbocycles. The molecule has 0 aliphatic heterocycles. The molecule has 1 aromatic carbocycles. The average Bonchev–Trinajstić information content (AvgIpc) is 2.36. The molecule has 0 amide bonds. The molecule has 0 bridgehead atoms. The van der Waals surface area contributed by atoms with Crippen LogP contribution in [0.3, 0.4) is 0 Å². The SMILES string of the molecule is Ic1cccc(C#CC#Cc2ccncc2)c1. The molecule has 0 fully saturated rings. The molecule has 0 saturated carbocycles. The summed E-state index contributed by atoms with van der Waals surface area (Å²) in [4.78, 5) is 3.93. The normalized spacial score (nSPS) is 8.53. The van der Waals surface area contributed by atoms with E-state index in [4.69, 9.17) is 0 Å². The van der Waals surface area contributed by atoms with Gasteiger partial charge in [0.15, 0.2) is 0 Å². The topological polar surface area (TPSA) is 12.9 Å². The van der Waals surface area contributed by atoms with Crippen molar-refractivity contribution in [2.45, 2.75) is 0 Å². The maximum atomic E-state index is 3.93. The number of benzene rings is 1. The summed E-state index contributed by atoms with van der Waals surface area (Å²) in [5.74, 6) is 11.6. The number of nitrogens with zero attached hydrogens (tertiary/aromatic N) is 1. The molecule has 1 nitrogen and oxygen atoms in total. The Hall–Kier alpha value is -1.78. The summed E-state index contributed by atoms with van der Waals surface area (Å²) in [5, 5.41) is 0. The van der Waals surface area contributed by atoms with Gasteiger partial charge in [0.2, 0.25) is 0 Å². The predicted octanol–water partition coefficient (Wildman–Crippen LogP) is 3.09. The molecule has 0 spiro atoms. The zero-order valence-corrected chi connectivity index (χ0v) is 11.1. The van der Waals surface area contributed by atoms with Gasteiger partial charge in [-0.15, -0.1) is 0 Å². The van der Waals surface area contributed by atoms with E-state index in [0.29, 0.717) is 0 Å². The van der Waals surface area contributed by atoms with Crippen LogP contribution in [0, 0.1) is 27.3 Å². The Labute approximate surface area is 114 Å². The zero-order valence-electron chi connectivity index (χ0n) is 8.94. The van der Waals surface area contributed by atoms with Crippen molar-refractivity contribution in [2.24, 2.45) is 0 Å². The third kappa shape index (κ3) is 3.94. The smallest absolute Gasteiger partial charge is 0.0286 e. The zero-order chi connectivity index (χ0) is 11.9. The fourth-order valence-electron chi connectivity index (χ4n) is 1.21. The molecule has 2 aromatic rings. The molecular weight excluding hydrogens is 321 g/mol. The van der Waals surface area contributed by atoms with Gasteiger partial charge in [0.25, 0.3) is 0 Å². The van der Waals surface area contributed by atoms with Crippen molar-refractivity contribution >= 4 is 22.6 Å². The van der Waals surface area contributed by atoms with Crippen LogP contribution in [-0.2, 0) is 0 Å². The fraction of sp³-hybridized carbons (Fsp3) is 0. The van der Waals surface area contributed by atoms with Gasteiger partial charge in [-0.2, -0.15) is 0 Å². The van der Waals surface area contributed by atoms with E-state index in [2.05, 4.69) is 51.3 Å². The van der Waals surface area contributed by atoms with E-state index in [0.717, 1.165) is 11.1 Å². The van der Waals surface area contributed by atoms with Gasteiger partial charge in [-0.3, -0.25) is 4.98 Å². The second kappa shape index (κ2) is 6.08. The quantitative estimate of drug-likeness (QED) is 0.535. The van der Waals surface area contributed by atoms with Crippen LogP contribution in [0.2, 0.25) is 0 Å². The molecule has 0 aliphatic rings. The van der Waals surface area contributed by atoms with Crippen LogP contribution in [0.15, 0.2) is 48.8 Å². The number of hydrogen-bond acceptors (Lipinski definition) is 1. The summed E-state index contributed by atoms with van der Waals surface area (Å²) in [5.41, 5.74) is 1.91. The molecule has 17 heavy (non-hydrogen) atoms. The summed E-state index contributed by atoms with van der Waals surface area (Å²) < 4.78 is 1.18. The van der Waals surface area contributed by atoms with E-state index in [-0.39, 0.29) is 0 Å². The van der Waals surface area contributed by atoms with Gasteiger partial charge >= 0.3 is 0 Å². The maximum Gasteiger partial charge on any atom is 0.0286 e. The second-order valence-corrected chi connectivity index (χ2v) is 4.49. The molecule has 0 atom stereocenters. The summed E-state index contributed by atoms with van der Waals surface area (Å²) in [6, 6.07) is 11.8. The van der Waals surface area contributed by atoms with Crippen LogP contribution < -0.4 is 0 Å². The van der Waals surface area contributed by atoms with E-state index in [1.807, 2.05) is 36.4 Å². The first kappa shape index (κ1) is 11.7. The largest absolute Gasteiger partial charge is 0.265 e. The van der Waals surface area contributed by atoms with E-state index in [1.165, 1.54) is 3.57 Å². The Morgan fingerprint density at radius 2 is 1.59 bits per heavy atom. The minimum Gasteiger partial charge on any atom is -0.265 e. The van der Waals surface area contributed by atoms with Gasteiger partial charge in [-0.05, 0) is 64.8 Å². The Kier molecular flexibility index (Phi) is 4.18. The molecule has 0 radical (unpaired) electrons. The predicted molar refractivity (Wildman–Crippen MR) is 77.2 cm³/mol. The highest BCUT2D eigenvalue weighted by Crippen LogP contribution is 2.05. The van der Waals surface area contributed by atoms with Gasteiger partial charge in [0.05, 0.1) is 0 Å². The first-order valence-electron chi connectivity index (χ1n) is 5.02. The van der Waals surface area contributed by atoms with E-state index in [1.54, 1.807) is 12.4 Å². The van der Waals surface area contributed by atoms with Crippen LogP contribution in [-0.4, -0.2) is 4.98 Å². The van der Waals surface area contributed by atoms with Crippen molar-refractivity contribution in [3.05, 3.63) is 63.5 Å². The monoisotopic (exact) mass is 329 g/mol. The number of pyridine rings is 1. The minimum atomic E-state index is 0.928. The lowest BCUT2D eigenvalue weighted by atomic mass is 10.2. The van der Waals surface area contributed by atoms with Crippen molar-refractivity contribution in [3.63, 3.8) is 0 Å². The molecule has 0 N–H and O–H groups in total. The highest BCUT2D eigenvalue weighted by molar-refractivity contribution is 14.1. The third-order valence-corrected chi connectivity index (χ3v) is 2.65. The minimum absolute atomic E-state index is 0.928. The lowest BCUT2D eigenvalue weighted by molar-refractivity contribution is 1.32.